The molecular formula is C21H46ClN. The Bertz CT molecular complexity index is 222. The Morgan fingerprint density at radius 1 is 0.522 bits per heavy atom. The number of unbranched alkanes of at least 4 members (excludes halogenated alkanes) is 11. The van der Waals surface area contributed by atoms with Crippen LogP contribution in [0.4, 0.5) is 0 Å². The largest absolute Gasteiger partial charge is 1.00 e. The predicted octanol–water partition coefficient (Wildman–Crippen LogP) is 3.96. The Labute approximate surface area is 154 Å². The molecule has 0 aliphatic heterocycles. The highest BCUT2D eigenvalue weighted by molar-refractivity contribution is 4.58. The minimum atomic E-state index is 0. The van der Waals surface area contributed by atoms with Crippen LogP contribution < -0.4 is 12.4 Å². The van der Waals surface area contributed by atoms with Gasteiger partial charge in [0, 0.05) is 0 Å². The molecule has 0 fully saturated rings. The van der Waals surface area contributed by atoms with Crippen LogP contribution in [0.25, 0.3) is 0 Å². The minimum Gasteiger partial charge on any atom is -1.00 e. The van der Waals surface area contributed by atoms with E-state index in [1.807, 2.05) is 0 Å². The van der Waals surface area contributed by atoms with Crippen LogP contribution in [0.15, 0.2) is 0 Å². The van der Waals surface area contributed by atoms with Crippen molar-refractivity contribution in [1.82, 2.24) is 0 Å². The van der Waals surface area contributed by atoms with Gasteiger partial charge >= 0.3 is 0 Å². The number of quaternary nitrogens is 1. The number of hydrogen-bond donors (Lipinski definition) is 0. The first kappa shape index (κ1) is 25.5. The summed E-state index contributed by atoms with van der Waals surface area (Å²) in [5, 5.41) is 0. The van der Waals surface area contributed by atoms with Crippen molar-refractivity contribution in [3.8, 4) is 0 Å². The molecule has 0 N–H and O–H groups in total. The smallest absolute Gasteiger partial charge is 0.0884 e. The summed E-state index contributed by atoms with van der Waals surface area (Å²) in [7, 11) is 7.09. The van der Waals surface area contributed by atoms with E-state index in [0.717, 1.165) is 10.5 Å². The second-order valence-electron chi connectivity index (χ2n) is 8.24. The Morgan fingerprint density at radius 2 is 0.913 bits per heavy atom. The van der Waals surface area contributed by atoms with Gasteiger partial charge in [0.25, 0.3) is 0 Å². The van der Waals surface area contributed by atoms with E-state index >= 15 is 0 Å². The second kappa shape index (κ2) is 17.1. The lowest BCUT2D eigenvalue weighted by atomic mass is 10.00. The average Bonchev–Trinajstić information content (AvgIpc) is 2.46. The summed E-state index contributed by atoms with van der Waals surface area (Å²) in [6, 6.07) is 0.869. The van der Waals surface area contributed by atoms with Gasteiger partial charge in [-0.15, -0.1) is 0 Å². The van der Waals surface area contributed by atoms with Crippen molar-refractivity contribution in [2.45, 2.75) is 116 Å². The second-order valence-corrected chi connectivity index (χ2v) is 8.24. The van der Waals surface area contributed by atoms with Crippen molar-refractivity contribution in [1.29, 1.82) is 0 Å². The highest BCUT2D eigenvalue weighted by atomic mass is 35.5. The first-order chi connectivity index (χ1) is 10.5. The Morgan fingerprint density at radius 3 is 1.26 bits per heavy atom. The van der Waals surface area contributed by atoms with Crippen LogP contribution >= 0.6 is 0 Å². The summed E-state index contributed by atoms with van der Waals surface area (Å²) in [6.07, 6.45) is 21.6. The molecule has 0 rings (SSSR count). The molecule has 2 heteroatoms. The number of hydrogen-bond acceptors (Lipinski definition) is 0. The fourth-order valence-electron chi connectivity index (χ4n) is 3.47. The molecule has 0 saturated carbocycles. The van der Waals surface area contributed by atoms with Crippen molar-refractivity contribution in [2.24, 2.45) is 0 Å². The van der Waals surface area contributed by atoms with Gasteiger partial charge in [-0.2, -0.15) is 0 Å². The summed E-state index contributed by atoms with van der Waals surface area (Å²) in [6.45, 7) is 4.62. The first-order valence-electron chi connectivity index (χ1n) is 10.3. The van der Waals surface area contributed by atoms with Crippen molar-refractivity contribution in [3.05, 3.63) is 0 Å². The Hall–Kier alpha value is 0.250. The lowest BCUT2D eigenvalue weighted by molar-refractivity contribution is -0.896. The zero-order valence-corrected chi connectivity index (χ0v) is 17.8. The van der Waals surface area contributed by atoms with Crippen LogP contribution in [-0.4, -0.2) is 31.7 Å². The summed E-state index contributed by atoms with van der Waals surface area (Å²) in [5.74, 6) is 0. The van der Waals surface area contributed by atoms with E-state index in [-0.39, 0.29) is 12.4 Å². The van der Waals surface area contributed by atoms with Crippen molar-refractivity contribution in [2.75, 3.05) is 21.1 Å². The molecule has 142 valence electrons. The summed E-state index contributed by atoms with van der Waals surface area (Å²) >= 11 is 0. The molecule has 23 heavy (non-hydrogen) atoms. The maximum absolute atomic E-state index is 2.36. The van der Waals surface area contributed by atoms with Crippen molar-refractivity contribution >= 4 is 0 Å². The van der Waals surface area contributed by atoms with Gasteiger partial charge in [-0.3, -0.25) is 0 Å². The molecule has 0 saturated heterocycles. The maximum Gasteiger partial charge on any atom is 0.0884 e. The van der Waals surface area contributed by atoms with Crippen LogP contribution in [0.2, 0.25) is 0 Å². The lowest BCUT2D eigenvalue weighted by Gasteiger charge is -2.34. The van der Waals surface area contributed by atoms with Gasteiger partial charge in [-0.25, -0.2) is 0 Å². The molecule has 0 radical (unpaired) electrons. The van der Waals surface area contributed by atoms with Gasteiger partial charge < -0.3 is 16.9 Å². The Balaban J connectivity index is 0. The van der Waals surface area contributed by atoms with Gasteiger partial charge in [-0.1, -0.05) is 90.9 Å². The quantitative estimate of drug-likeness (QED) is 0.293. The molecule has 0 bridgehead atoms. The van der Waals surface area contributed by atoms with Gasteiger partial charge in [0.1, 0.15) is 0 Å². The minimum absolute atomic E-state index is 0. The molecule has 0 aromatic carbocycles. The third-order valence-corrected chi connectivity index (χ3v) is 5.11. The molecule has 1 nitrogen and oxygen atoms in total. The summed E-state index contributed by atoms with van der Waals surface area (Å²) < 4.78 is 1.14. The highest BCUT2D eigenvalue weighted by Gasteiger charge is 2.21. The fraction of sp³-hybridized carbons (Fsp3) is 1.00. The van der Waals surface area contributed by atoms with Crippen LogP contribution in [0.3, 0.4) is 0 Å². The van der Waals surface area contributed by atoms with Gasteiger partial charge in [0.2, 0.25) is 0 Å². The fourth-order valence-corrected chi connectivity index (χ4v) is 3.47. The number of rotatable bonds is 16. The Kier molecular flexibility index (Phi) is 18.9. The van der Waals surface area contributed by atoms with E-state index in [1.54, 1.807) is 0 Å². The van der Waals surface area contributed by atoms with Gasteiger partial charge in [0.05, 0.1) is 27.2 Å². The number of halogens is 1. The third kappa shape index (κ3) is 16.9. The normalized spacial score (nSPS) is 12.9. The van der Waals surface area contributed by atoms with Crippen LogP contribution in [-0.2, 0) is 0 Å². The van der Waals surface area contributed by atoms with Gasteiger partial charge in [-0.05, 0) is 19.3 Å². The third-order valence-electron chi connectivity index (χ3n) is 5.11. The summed E-state index contributed by atoms with van der Waals surface area (Å²) in [5.41, 5.74) is 0. The van der Waals surface area contributed by atoms with E-state index in [1.165, 1.54) is 96.3 Å². The highest BCUT2D eigenvalue weighted by Crippen LogP contribution is 2.18. The first-order valence-corrected chi connectivity index (χ1v) is 10.3. The molecular weight excluding hydrogens is 302 g/mol. The molecule has 0 aromatic rings. The standard InChI is InChI=1S/C21H46N.ClH/c1-6-8-9-10-11-12-13-14-15-16-17-18-20-21(19-7-2)22(3,4)5;/h21H,6-20H2,1-5H3;1H/q+1;/p-1. The van der Waals surface area contributed by atoms with Gasteiger partial charge in [0.15, 0.2) is 0 Å². The topological polar surface area (TPSA) is 0 Å². The molecule has 0 amide bonds. The molecule has 0 aliphatic rings. The molecule has 0 aromatic heterocycles. The van der Waals surface area contributed by atoms with Crippen LogP contribution in [0.1, 0.15) is 110 Å². The number of nitrogens with zero attached hydrogens (tertiary/aromatic N) is 1. The molecule has 0 heterocycles. The monoisotopic (exact) mass is 347 g/mol. The van der Waals surface area contributed by atoms with Crippen molar-refractivity contribution in [3.63, 3.8) is 0 Å². The molecule has 0 spiro atoms. The average molecular weight is 348 g/mol. The lowest BCUT2D eigenvalue weighted by Crippen LogP contribution is -3.00. The zero-order chi connectivity index (χ0) is 16.7. The van der Waals surface area contributed by atoms with E-state index < -0.39 is 0 Å². The molecule has 1 unspecified atom stereocenters. The van der Waals surface area contributed by atoms with E-state index in [2.05, 4.69) is 35.0 Å². The molecule has 0 aliphatic carbocycles. The SMILES string of the molecule is CCCCCCCCCCCCCCC(CCC)[N+](C)(C)C.[Cl-]. The van der Waals surface area contributed by atoms with E-state index in [4.69, 9.17) is 0 Å². The van der Waals surface area contributed by atoms with Crippen LogP contribution in [0, 0.1) is 0 Å². The predicted molar refractivity (Wildman–Crippen MR) is 102 cm³/mol. The van der Waals surface area contributed by atoms with Crippen LogP contribution in [0.5, 0.6) is 0 Å². The van der Waals surface area contributed by atoms with E-state index in [9.17, 15) is 0 Å². The zero-order valence-electron chi connectivity index (χ0n) is 17.0. The molecule has 1 atom stereocenters. The van der Waals surface area contributed by atoms with E-state index in [0.29, 0.717) is 0 Å². The maximum atomic E-state index is 2.36. The summed E-state index contributed by atoms with van der Waals surface area (Å²) in [4.78, 5) is 0. The van der Waals surface area contributed by atoms with Crippen molar-refractivity contribution < 1.29 is 16.9 Å².